The summed E-state index contributed by atoms with van der Waals surface area (Å²) in [5.41, 5.74) is 0.0619. The lowest BCUT2D eigenvalue weighted by atomic mass is 10.1. The number of piperazine rings is 1. The molecule has 3 rings (SSSR count). The molecule has 0 radical (unpaired) electrons. The molecule has 1 atom stereocenters. The largest absolute Gasteiger partial charge is 0.467 e. The number of halogens is 1. The van der Waals surface area contributed by atoms with Crippen molar-refractivity contribution in [1.29, 1.82) is 0 Å². The highest BCUT2D eigenvalue weighted by Crippen LogP contribution is 2.15. The Morgan fingerprint density at radius 1 is 1.08 bits per heavy atom. The van der Waals surface area contributed by atoms with E-state index in [0.717, 1.165) is 0 Å². The van der Waals surface area contributed by atoms with E-state index < -0.39 is 5.82 Å². The number of nitrogens with one attached hydrogen (secondary N) is 1. The second-order valence-corrected chi connectivity index (χ2v) is 5.95. The monoisotopic (exact) mass is 345 g/mol. The fourth-order valence-electron chi connectivity index (χ4n) is 2.80. The molecule has 1 aliphatic rings. The van der Waals surface area contributed by atoms with Crippen molar-refractivity contribution in [3.63, 3.8) is 0 Å². The first-order chi connectivity index (χ1) is 12.1. The molecule has 2 aromatic rings. The Morgan fingerprint density at radius 2 is 1.76 bits per heavy atom. The summed E-state index contributed by atoms with van der Waals surface area (Å²) in [7, 11) is 0. The van der Waals surface area contributed by atoms with Crippen molar-refractivity contribution in [3.05, 3.63) is 59.8 Å². The molecule has 3 amide bonds. The van der Waals surface area contributed by atoms with Gasteiger partial charge in [-0.2, -0.15) is 0 Å². The number of hydrogen-bond acceptors (Lipinski definition) is 3. The van der Waals surface area contributed by atoms with Crippen LogP contribution in [-0.2, 0) is 0 Å². The predicted octanol–water partition coefficient (Wildman–Crippen LogP) is 2.65. The lowest BCUT2D eigenvalue weighted by molar-refractivity contribution is 0.0658. The normalized spacial score (nSPS) is 15.8. The zero-order chi connectivity index (χ0) is 17.8. The van der Waals surface area contributed by atoms with Gasteiger partial charge in [0, 0.05) is 26.2 Å². The van der Waals surface area contributed by atoms with Crippen molar-refractivity contribution >= 4 is 11.9 Å². The maximum absolute atomic E-state index is 13.7. The summed E-state index contributed by atoms with van der Waals surface area (Å²) in [4.78, 5) is 27.9. The van der Waals surface area contributed by atoms with E-state index in [1.54, 1.807) is 40.3 Å². The molecule has 1 unspecified atom stereocenters. The van der Waals surface area contributed by atoms with Crippen LogP contribution in [0.4, 0.5) is 9.18 Å². The summed E-state index contributed by atoms with van der Waals surface area (Å²) >= 11 is 0. The van der Waals surface area contributed by atoms with Crippen LogP contribution in [0.1, 0.15) is 29.1 Å². The number of amides is 3. The number of urea groups is 1. The van der Waals surface area contributed by atoms with Gasteiger partial charge in [0.05, 0.1) is 17.9 Å². The molecule has 0 spiro atoms. The predicted molar refractivity (Wildman–Crippen MR) is 89.5 cm³/mol. The Kier molecular flexibility index (Phi) is 5.02. The van der Waals surface area contributed by atoms with E-state index in [4.69, 9.17) is 4.42 Å². The third-order valence-electron chi connectivity index (χ3n) is 4.27. The van der Waals surface area contributed by atoms with Gasteiger partial charge >= 0.3 is 6.03 Å². The fourth-order valence-corrected chi connectivity index (χ4v) is 2.80. The van der Waals surface area contributed by atoms with Gasteiger partial charge in [-0.1, -0.05) is 12.1 Å². The first kappa shape index (κ1) is 17.0. The van der Waals surface area contributed by atoms with Crippen LogP contribution in [0.15, 0.2) is 47.1 Å². The van der Waals surface area contributed by atoms with Gasteiger partial charge in [-0.25, -0.2) is 9.18 Å². The first-order valence-corrected chi connectivity index (χ1v) is 8.19. The second-order valence-electron chi connectivity index (χ2n) is 5.95. The van der Waals surface area contributed by atoms with Crippen LogP contribution in [0, 0.1) is 5.82 Å². The van der Waals surface area contributed by atoms with E-state index in [9.17, 15) is 14.0 Å². The lowest BCUT2D eigenvalue weighted by Crippen LogP contribution is -2.53. The van der Waals surface area contributed by atoms with E-state index in [2.05, 4.69) is 5.32 Å². The van der Waals surface area contributed by atoms with E-state index >= 15 is 0 Å². The Hall–Kier alpha value is -2.83. The minimum Gasteiger partial charge on any atom is -0.467 e. The van der Waals surface area contributed by atoms with Crippen LogP contribution >= 0.6 is 0 Å². The van der Waals surface area contributed by atoms with Gasteiger partial charge in [0.2, 0.25) is 0 Å². The summed E-state index contributed by atoms with van der Waals surface area (Å²) in [6, 6.07) is 9.06. The molecule has 7 heteroatoms. The SMILES string of the molecule is CC(NC(=O)N1CCN(C(=O)c2ccccc2F)CC1)c1ccco1. The summed E-state index contributed by atoms with van der Waals surface area (Å²) in [5.74, 6) is -0.191. The minimum atomic E-state index is -0.528. The van der Waals surface area contributed by atoms with Crippen molar-refractivity contribution in [2.45, 2.75) is 13.0 Å². The summed E-state index contributed by atoms with van der Waals surface area (Å²) in [5, 5.41) is 2.87. The molecule has 1 saturated heterocycles. The van der Waals surface area contributed by atoms with Gasteiger partial charge in [0.25, 0.3) is 5.91 Å². The maximum Gasteiger partial charge on any atom is 0.318 e. The highest BCUT2D eigenvalue weighted by atomic mass is 19.1. The van der Waals surface area contributed by atoms with Gasteiger partial charge in [-0.05, 0) is 31.2 Å². The number of benzene rings is 1. The smallest absolute Gasteiger partial charge is 0.318 e. The van der Waals surface area contributed by atoms with Crippen molar-refractivity contribution in [3.8, 4) is 0 Å². The molecule has 0 saturated carbocycles. The molecule has 1 aliphatic heterocycles. The highest BCUT2D eigenvalue weighted by Gasteiger charge is 2.27. The summed E-state index contributed by atoms with van der Waals surface area (Å²) in [6.07, 6.45) is 1.56. The number of carbonyl (C=O) groups excluding carboxylic acids is 2. The van der Waals surface area contributed by atoms with Crippen LogP contribution in [0.25, 0.3) is 0 Å². The molecule has 6 nitrogen and oxygen atoms in total. The van der Waals surface area contributed by atoms with Crippen LogP contribution in [0.3, 0.4) is 0 Å². The van der Waals surface area contributed by atoms with E-state index in [0.29, 0.717) is 31.9 Å². The third kappa shape index (κ3) is 3.81. The topological polar surface area (TPSA) is 65.8 Å². The van der Waals surface area contributed by atoms with Gasteiger partial charge in [0.1, 0.15) is 11.6 Å². The van der Waals surface area contributed by atoms with Crippen LogP contribution in [-0.4, -0.2) is 47.9 Å². The van der Waals surface area contributed by atoms with Crippen molar-refractivity contribution in [2.24, 2.45) is 0 Å². The van der Waals surface area contributed by atoms with E-state index in [-0.39, 0.29) is 23.5 Å². The molecule has 0 bridgehead atoms. The Labute approximate surface area is 145 Å². The molecule has 1 N–H and O–H groups in total. The lowest BCUT2D eigenvalue weighted by Gasteiger charge is -2.35. The molecule has 1 aromatic carbocycles. The van der Waals surface area contributed by atoms with Gasteiger partial charge in [-0.15, -0.1) is 0 Å². The second kappa shape index (κ2) is 7.38. The Balaban J connectivity index is 1.54. The van der Waals surface area contributed by atoms with Gasteiger partial charge in [0.15, 0.2) is 0 Å². The quantitative estimate of drug-likeness (QED) is 0.930. The van der Waals surface area contributed by atoms with Crippen LogP contribution in [0.5, 0.6) is 0 Å². The van der Waals surface area contributed by atoms with Crippen LogP contribution < -0.4 is 5.32 Å². The zero-order valence-electron chi connectivity index (χ0n) is 13.9. The van der Waals surface area contributed by atoms with Crippen molar-refractivity contribution in [1.82, 2.24) is 15.1 Å². The maximum atomic E-state index is 13.7. The number of carbonyl (C=O) groups is 2. The molecule has 2 heterocycles. The summed E-state index contributed by atoms with van der Waals surface area (Å²) < 4.78 is 19.0. The molecular formula is C18H20FN3O3. The molecule has 25 heavy (non-hydrogen) atoms. The molecule has 132 valence electrons. The number of rotatable bonds is 3. The Morgan fingerprint density at radius 3 is 2.40 bits per heavy atom. The first-order valence-electron chi connectivity index (χ1n) is 8.19. The standard InChI is InChI=1S/C18H20FN3O3/c1-13(16-7-4-12-25-16)20-18(24)22-10-8-21(9-11-22)17(23)14-5-2-3-6-15(14)19/h2-7,12-13H,8-11H2,1H3,(H,20,24). The minimum absolute atomic E-state index is 0.0619. The van der Waals surface area contributed by atoms with E-state index in [1.807, 2.05) is 6.92 Å². The fraction of sp³-hybridized carbons (Fsp3) is 0.333. The molecule has 1 aromatic heterocycles. The number of hydrogen-bond donors (Lipinski definition) is 1. The zero-order valence-corrected chi connectivity index (χ0v) is 13.9. The van der Waals surface area contributed by atoms with Gasteiger partial charge in [-0.3, -0.25) is 4.79 Å². The third-order valence-corrected chi connectivity index (χ3v) is 4.27. The number of furan rings is 1. The van der Waals surface area contributed by atoms with E-state index in [1.165, 1.54) is 12.1 Å². The number of nitrogens with zero attached hydrogens (tertiary/aromatic N) is 2. The molecular weight excluding hydrogens is 325 g/mol. The average Bonchev–Trinajstić information content (AvgIpc) is 3.16. The highest BCUT2D eigenvalue weighted by molar-refractivity contribution is 5.94. The molecule has 1 fully saturated rings. The Bertz CT molecular complexity index is 740. The van der Waals surface area contributed by atoms with Crippen molar-refractivity contribution < 1.29 is 18.4 Å². The average molecular weight is 345 g/mol. The van der Waals surface area contributed by atoms with Crippen LogP contribution in [0.2, 0.25) is 0 Å². The van der Waals surface area contributed by atoms with Gasteiger partial charge < -0.3 is 19.5 Å². The summed E-state index contributed by atoms with van der Waals surface area (Å²) in [6.45, 7) is 3.38. The molecule has 0 aliphatic carbocycles. The van der Waals surface area contributed by atoms with Crippen molar-refractivity contribution in [2.75, 3.05) is 26.2 Å².